The molecule has 1 aliphatic rings. The number of fused-ring (bicyclic) bond motifs is 1. The van der Waals surface area contributed by atoms with Gasteiger partial charge < -0.3 is 9.82 Å². The fraction of sp³-hybridized carbons (Fsp3) is 0.562. The van der Waals surface area contributed by atoms with Gasteiger partial charge in [0.05, 0.1) is 10.9 Å². The summed E-state index contributed by atoms with van der Waals surface area (Å²) in [7, 11) is 0. The lowest BCUT2D eigenvalue weighted by atomic mass is 9.98. The van der Waals surface area contributed by atoms with Crippen molar-refractivity contribution in [2.24, 2.45) is 5.41 Å². The highest BCUT2D eigenvalue weighted by Crippen LogP contribution is 2.25. The number of carbonyl (C=O) groups is 1. The van der Waals surface area contributed by atoms with Gasteiger partial charge in [0.15, 0.2) is 5.65 Å². The molecule has 7 nitrogen and oxygen atoms in total. The lowest BCUT2D eigenvalue weighted by Crippen LogP contribution is -2.40. The van der Waals surface area contributed by atoms with Crippen LogP contribution in [0.15, 0.2) is 23.1 Å². The highest BCUT2D eigenvalue weighted by atomic mass is 16.7. The minimum Gasteiger partial charge on any atom is -0.367 e. The lowest BCUT2D eigenvalue weighted by Gasteiger charge is -2.32. The van der Waals surface area contributed by atoms with Gasteiger partial charge in [-0.15, -0.1) is 5.06 Å². The fourth-order valence-electron chi connectivity index (χ4n) is 2.74. The van der Waals surface area contributed by atoms with E-state index in [1.165, 1.54) is 0 Å². The monoisotopic (exact) mass is 318 g/mol. The molecule has 0 saturated carbocycles. The predicted molar refractivity (Wildman–Crippen MR) is 85.7 cm³/mol. The first kappa shape index (κ1) is 15.7. The SMILES string of the molecule is CC(C)(C)C(=O)ON1CCC(n2c(=O)[nH]c3cccnc32)CC1. The van der Waals surface area contributed by atoms with Gasteiger partial charge in [0.1, 0.15) is 0 Å². The highest BCUT2D eigenvalue weighted by Gasteiger charge is 2.29. The van der Waals surface area contributed by atoms with Gasteiger partial charge in [-0.3, -0.25) is 4.57 Å². The Kier molecular flexibility index (Phi) is 3.97. The van der Waals surface area contributed by atoms with E-state index in [1.54, 1.807) is 21.9 Å². The maximum atomic E-state index is 12.2. The number of aromatic nitrogens is 3. The molecule has 2 aromatic rings. The molecule has 1 aliphatic heterocycles. The van der Waals surface area contributed by atoms with Crippen LogP contribution in [0, 0.1) is 5.41 Å². The van der Waals surface area contributed by atoms with E-state index in [0.29, 0.717) is 18.7 Å². The maximum absolute atomic E-state index is 12.2. The summed E-state index contributed by atoms with van der Waals surface area (Å²) in [6.45, 7) is 6.72. The van der Waals surface area contributed by atoms with Crippen molar-refractivity contribution in [3.05, 3.63) is 28.8 Å². The molecule has 2 aromatic heterocycles. The Bertz CT molecular complexity index is 763. The number of hydroxylamine groups is 2. The van der Waals surface area contributed by atoms with E-state index in [4.69, 9.17) is 4.84 Å². The van der Waals surface area contributed by atoms with Gasteiger partial charge in [-0.1, -0.05) is 0 Å². The van der Waals surface area contributed by atoms with Crippen LogP contribution in [0.2, 0.25) is 0 Å². The molecule has 0 aliphatic carbocycles. The number of H-pyrrole nitrogens is 1. The van der Waals surface area contributed by atoms with E-state index >= 15 is 0 Å². The number of imidazole rings is 1. The number of aromatic amines is 1. The van der Waals surface area contributed by atoms with Crippen LogP contribution in [0.3, 0.4) is 0 Å². The molecule has 0 spiro atoms. The van der Waals surface area contributed by atoms with Crippen LogP contribution in [0.25, 0.3) is 11.2 Å². The Morgan fingerprint density at radius 1 is 1.35 bits per heavy atom. The van der Waals surface area contributed by atoms with E-state index in [1.807, 2.05) is 26.8 Å². The Morgan fingerprint density at radius 3 is 2.70 bits per heavy atom. The lowest BCUT2D eigenvalue weighted by molar-refractivity contribution is -0.205. The number of hydrogen-bond acceptors (Lipinski definition) is 5. The second kappa shape index (κ2) is 5.81. The topological polar surface area (TPSA) is 80.2 Å². The van der Waals surface area contributed by atoms with Crippen LogP contribution in [0.4, 0.5) is 0 Å². The molecule has 0 amide bonds. The first-order valence-electron chi connectivity index (χ1n) is 7.89. The molecule has 0 unspecified atom stereocenters. The van der Waals surface area contributed by atoms with Gasteiger partial charge in [0, 0.05) is 25.3 Å². The Balaban J connectivity index is 1.70. The maximum Gasteiger partial charge on any atom is 0.330 e. The zero-order chi connectivity index (χ0) is 16.6. The van der Waals surface area contributed by atoms with Crippen molar-refractivity contribution in [1.29, 1.82) is 0 Å². The van der Waals surface area contributed by atoms with Crippen molar-refractivity contribution < 1.29 is 9.63 Å². The van der Waals surface area contributed by atoms with Gasteiger partial charge in [-0.2, -0.15) is 0 Å². The van der Waals surface area contributed by atoms with Crippen molar-refractivity contribution in [1.82, 2.24) is 19.6 Å². The largest absolute Gasteiger partial charge is 0.367 e. The average Bonchev–Trinajstić information content (AvgIpc) is 2.83. The van der Waals surface area contributed by atoms with Gasteiger partial charge in [-0.05, 0) is 45.7 Å². The third-order valence-electron chi connectivity index (χ3n) is 4.09. The average molecular weight is 318 g/mol. The van der Waals surface area contributed by atoms with E-state index in [0.717, 1.165) is 18.4 Å². The molecule has 1 saturated heterocycles. The number of nitrogens with zero attached hydrogens (tertiary/aromatic N) is 3. The Labute approximate surface area is 134 Å². The summed E-state index contributed by atoms with van der Waals surface area (Å²) in [4.78, 5) is 36.7. The molecule has 3 rings (SSSR count). The van der Waals surface area contributed by atoms with Crippen LogP contribution in [0.5, 0.6) is 0 Å². The van der Waals surface area contributed by atoms with E-state index in [2.05, 4.69) is 9.97 Å². The smallest absolute Gasteiger partial charge is 0.330 e. The summed E-state index contributed by atoms with van der Waals surface area (Å²) in [5.74, 6) is -0.234. The minimum atomic E-state index is -0.519. The van der Waals surface area contributed by atoms with Crippen molar-refractivity contribution in [2.75, 3.05) is 13.1 Å². The van der Waals surface area contributed by atoms with Gasteiger partial charge in [0.25, 0.3) is 0 Å². The zero-order valence-corrected chi connectivity index (χ0v) is 13.7. The molecule has 3 heterocycles. The van der Waals surface area contributed by atoms with Crippen LogP contribution >= 0.6 is 0 Å². The number of hydrogen-bond donors (Lipinski definition) is 1. The van der Waals surface area contributed by atoms with Crippen molar-refractivity contribution >= 4 is 17.1 Å². The van der Waals surface area contributed by atoms with Crippen molar-refractivity contribution in [3.63, 3.8) is 0 Å². The molecule has 0 radical (unpaired) electrons. The second-order valence-electron chi connectivity index (χ2n) is 6.96. The van der Waals surface area contributed by atoms with Crippen LogP contribution in [-0.2, 0) is 9.63 Å². The fourth-order valence-corrected chi connectivity index (χ4v) is 2.74. The summed E-state index contributed by atoms with van der Waals surface area (Å²) in [6.07, 6.45) is 3.16. The standard InChI is InChI=1S/C16H22N4O3/c1-16(2,3)14(21)23-19-9-6-11(7-10-19)20-13-12(18-15(20)22)5-4-8-17-13/h4-5,8,11H,6-7,9-10H2,1-3H3,(H,18,22). The second-order valence-corrected chi connectivity index (χ2v) is 6.96. The Morgan fingerprint density at radius 2 is 2.04 bits per heavy atom. The van der Waals surface area contributed by atoms with Crippen LogP contribution < -0.4 is 5.69 Å². The third-order valence-corrected chi connectivity index (χ3v) is 4.09. The molecule has 1 N–H and O–H groups in total. The normalized spacial score (nSPS) is 17.5. The first-order valence-corrected chi connectivity index (χ1v) is 7.89. The van der Waals surface area contributed by atoms with Crippen LogP contribution in [0.1, 0.15) is 39.7 Å². The number of pyridine rings is 1. The Hall–Kier alpha value is -2.15. The molecule has 0 atom stereocenters. The molecule has 124 valence electrons. The van der Waals surface area contributed by atoms with E-state index < -0.39 is 5.41 Å². The number of rotatable bonds is 2. The molecular weight excluding hydrogens is 296 g/mol. The quantitative estimate of drug-likeness (QED) is 0.914. The van der Waals surface area contributed by atoms with Gasteiger partial charge in [-0.25, -0.2) is 14.6 Å². The number of nitrogens with one attached hydrogen (secondary N) is 1. The number of piperidine rings is 1. The van der Waals surface area contributed by atoms with Crippen molar-refractivity contribution in [2.45, 2.75) is 39.7 Å². The third kappa shape index (κ3) is 3.14. The predicted octanol–water partition coefficient (Wildman–Crippen LogP) is 1.87. The zero-order valence-electron chi connectivity index (χ0n) is 13.7. The summed E-state index contributed by atoms with van der Waals surface area (Å²) in [6, 6.07) is 3.72. The minimum absolute atomic E-state index is 0.0655. The highest BCUT2D eigenvalue weighted by molar-refractivity contribution is 5.75. The molecular formula is C16H22N4O3. The number of carbonyl (C=O) groups excluding carboxylic acids is 1. The van der Waals surface area contributed by atoms with Gasteiger partial charge in [0.2, 0.25) is 0 Å². The molecule has 7 heteroatoms. The van der Waals surface area contributed by atoms with E-state index in [9.17, 15) is 9.59 Å². The van der Waals surface area contributed by atoms with Crippen LogP contribution in [-0.4, -0.2) is 38.7 Å². The van der Waals surface area contributed by atoms with Gasteiger partial charge >= 0.3 is 11.7 Å². The summed E-state index contributed by atoms with van der Waals surface area (Å²) < 4.78 is 1.72. The summed E-state index contributed by atoms with van der Waals surface area (Å²) in [5.41, 5.74) is 0.778. The molecule has 0 bridgehead atoms. The molecule has 23 heavy (non-hydrogen) atoms. The molecule has 0 aromatic carbocycles. The summed E-state index contributed by atoms with van der Waals surface area (Å²) in [5, 5.41) is 1.69. The summed E-state index contributed by atoms with van der Waals surface area (Å²) >= 11 is 0. The molecule has 1 fully saturated rings. The van der Waals surface area contributed by atoms with Crippen molar-refractivity contribution in [3.8, 4) is 0 Å². The first-order chi connectivity index (χ1) is 10.9. The van der Waals surface area contributed by atoms with E-state index in [-0.39, 0.29) is 17.7 Å².